The lowest BCUT2D eigenvalue weighted by molar-refractivity contribution is 0.262. The van der Waals surface area contributed by atoms with Crippen LogP contribution < -0.4 is 5.32 Å². The summed E-state index contributed by atoms with van der Waals surface area (Å²) in [5.41, 5.74) is 1.08. The zero-order chi connectivity index (χ0) is 11.3. The van der Waals surface area contributed by atoms with Gasteiger partial charge in [-0.05, 0) is 24.2 Å². The lowest BCUT2D eigenvalue weighted by Crippen LogP contribution is -2.22. The van der Waals surface area contributed by atoms with Crippen molar-refractivity contribution in [2.24, 2.45) is 0 Å². The maximum Gasteiger partial charge on any atom is 0.279 e. The highest BCUT2D eigenvalue weighted by molar-refractivity contribution is 8.14. The van der Waals surface area contributed by atoms with E-state index in [1.165, 1.54) is 11.8 Å². The molecular formula is C12H15NOS. The molecule has 15 heavy (non-hydrogen) atoms. The number of hydrogen-bond acceptors (Lipinski definition) is 2. The molecule has 0 radical (unpaired) electrons. The van der Waals surface area contributed by atoms with Crippen LogP contribution in [0.15, 0.2) is 43.0 Å². The molecule has 0 unspecified atom stereocenters. The quantitative estimate of drug-likeness (QED) is 0.794. The van der Waals surface area contributed by atoms with E-state index in [0.29, 0.717) is 0 Å². The Kier molecular flexibility index (Phi) is 3.97. The summed E-state index contributed by atoms with van der Waals surface area (Å²) < 4.78 is -0.374. The third-order valence-electron chi connectivity index (χ3n) is 2.25. The second kappa shape index (κ2) is 5.03. The number of rotatable bonds is 3. The van der Waals surface area contributed by atoms with E-state index in [2.05, 4.69) is 11.9 Å². The first-order chi connectivity index (χ1) is 7.12. The van der Waals surface area contributed by atoms with Gasteiger partial charge in [0.1, 0.15) is 0 Å². The minimum atomic E-state index is -0.374. The molecule has 1 aromatic carbocycles. The molecule has 1 N–H and O–H groups in total. The van der Waals surface area contributed by atoms with Crippen LogP contribution in [-0.2, 0) is 4.75 Å². The van der Waals surface area contributed by atoms with Gasteiger partial charge in [-0.25, -0.2) is 0 Å². The van der Waals surface area contributed by atoms with Crippen LogP contribution in [0, 0.1) is 0 Å². The van der Waals surface area contributed by atoms with Gasteiger partial charge >= 0.3 is 0 Å². The van der Waals surface area contributed by atoms with E-state index in [-0.39, 0.29) is 9.99 Å². The Labute approximate surface area is 94.8 Å². The van der Waals surface area contributed by atoms with E-state index >= 15 is 0 Å². The van der Waals surface area contributed by atoms with Gasteiger partial charge in [0.2, 0.25) is 0 Å². The molecule has 0 aliphatic heterocycles. The van der Waals surface area contributed by atoms with E-state index < -0.39 is 0 Å². The molecule has 1 aromatic rings. The Bertz CT molecular complexity index is 350. The Morgan fingerprint density at radius 2 is 2.07 bits per heavy atom. The zero-order valence-electron chi connectivity index (χ0n) is 8.99. The lowest BCUT2D eigenvalue weighted by atomic mass is 10.0. The van der Waals surface area contributed by atoms with Crippen LogP contribution in [0.5, 0.6) is 0 Å². The lowest BCUT2D eigenvalue weighted by Gasteiger charge is -2.24. The van der Waals surface area contributed by atoms with Crippen molar-refractivity contribution in [3.05, 3.63) is 48.6 Å². The molecule has 0 bridgehead atoms. The summed E-state index contributed by atoms with van der Waals surface area (Å²) in [6, 6.07) is 9.87. The molecule has 0 aliphatic carbocycles. The summed E-state index contributed by atoms with van der Waals surface area (Å²) >= 11 is 1.23. The molecule has 0 aliphatic rings. The van der Waals surface area contributed by atoms with Crippen molar-refractivity contribution in [1.29, 1.82) is 0 Å². The summed E-state index contributed by atoms with van der Waals surface area (Å²) in [6.07, 6.45) is 1.79. The van der Waals surface area contributed by atoms with Gasteiger partial charge in [0.05, 0.1) is 4.75 Å². The largest absolute Gasteiger partial charge is 0.350 e. The predicted molar refractivity (Wildman–Crippen MR) is 66.0 cm³/mol. The molecule has 1 amide bonds. The molecule has 0 heterocycles. The average molecular weight is 221 g/mol. The van der Waals surface area contributed by atoms with Crippen molar-refractivity contribution in [3.63, 3.8) is 0 Å². The molecule has 0 fully saturated rings. The van der Waals surface area contributed by atoms with Gasteiger partial charge in [-0.1, -0.05) is 36.4 Å². The minimum absolute atomic E-state index is 0.0544. The first-order valence-electron chi connectivity index (χ1n) is 4.72. The van der Waals surface area contributed by atoms with Crippen LogP contribution in [0.25, 0.3) is 0 Å². The fourth-order valence-corrected chi connectivity index (χ4v) is 2.06. The zero-order valence-corrected chi connectivity index (χ0v) is 9.80. The summed E-state index contributed by atoms with van der Waals surface area (Å²) in [5.74, 6) is 0. The second-order valence-corrected chi connectivity index (χ2v) is 4.74. The van der Waals surface area contributed by atoms with Gasteiger partial charge in [-0.3, -0.25) is 4.79 Å². The molecule has 3 heteroatoms. The number of carbonyl (C=O) groups excluding carboxylic acids is 1. The normalized spacial score (nSPS) is 14.0. The van der Waals surface area contributed by atoms with Crippen molar-refractivity contribution < 1.29 is 4.79 Å². The summed E-state index contributed by atoms with van der Waals surface area (Å²) in [4.78, 5) is 11.4. The van der Waals surface area contributed by atoms with Crippen molar-refractivity contribution >= 4 is 17.0 Å². The predicted octanol–water partition coefficient (Wildman–Crippen LogP) is 3.16. The van der Waals surface area contributed by atoms with Gasteiger partial charge in [-0.15, -0.1) is 6.58 Å². The topological polar surface area (TPSA) is 29.1 Å². The van der Waals surface area contributed by atoms with E-state index in [1.54, 1.807) is 13.1 Å². The molecule has 2 nitrogen and oxygen atoms in total. The molecule has 80 valence electrons. The fourth-order valence-electron chi connectivity index (χ4n) is 1.23. The number of amides is 1. The fraction of sp³-hybridized carbons (Fsp3) is 0.250. The third-order valence-corrected chi connectivity index (χ3v) is 3.46. The summed E-state index contributed by atoms with van der Waals surface area (Å²) in [7, 11) is 1.63. The highest BCUT2D eigenvalue weighted by atomic mass is 32.2. The van der Waals surface area contributed by atoms with Crippen molar-refractivity contribution in [1.82, 2.24) is 5.32 Å². The van der Waals surface area contributed by atoms with E-state index in [0.717, 1.165) is 5.56 Å². The standard InChI is InChI=1S/C12H15NOS/c1-4-12(2,15-11(14)13-3)10-8-6-5-7-9-10/h4-9H,1H2,2-3H3,(H,13,14)/t12-/m1/s1. The average Bonchev–Trinajstić information content (AvgIpc) is 2.30. The Morgan fingerprint density at radius 1 is 1.47 bits per heavy atom. The maximum atomic E-state index is 11.4. The van der Waals surface area contributed by atoms with Crippen LogP contribution in [-0.4, -0.2) is 12.3 Å². The Hall–Kier alpha value is -1.22. The van der Waals surface area contributed by atoms with Crippen molar-refractivity contribution in [3.8, 4) is 0 Å². The summed E-state index contributed by atoms with van der Waals surface area (Å²) in [6.45, 7) is 5.78. The van der Waals surface area contributed by atoms with E-state index in [1.807, 2.05) is 37.3 Å². The van der Waals surface area contributed by atoms with Crippen LogP contribution in [0.3, 0.4) is 0 Å². The van der Waals surface area contributed by atoms with E-state index in [4.69, 9.17) is 0 Å². The second-order valence-electron chi connectivity index (χ2n) is 3.32. The number of nitrogens with one attached hydrogen (secondary N) is 1. The Balaban J connectivity index is 2.95. The number of thioether (sulfide) groups is 1. The van der Waals surface area contributed by atoms with Gasteiger partial charge in [0, 0.05) is 7.05 Å². The number of hydrogen-bond donors (Lipinski definition) is 1. The molecule has 0 saturated heterocycles. The first-order valence-corrected chi connectivity index (χ1v) is 5.54. The smallest absolute Gasteiger partial charge is 0.279 e. The van der Waals surface area contributed by atoms with Gasteiger partial charge < -0.3 is 5.32 Å². The third kappa shape index (κ3) is 2.86. The molecule has 0 aromatic heterocycles. The monoisotopic (exact) mass is 221 g/mol. The van der Waals surface area contributed by atoms with Crippen molar-refractivity contribution in [2.75, 3.05) is 7.05 Å². The molecule has 1 atom stereocenters. The van der Waals surface area contributed by atoms with Crippen molar-refractivity contribution in [2.45, 2.75) is 11.7 Å². The van der Waals surface area contributed by atoms with Gasteiger partial charge in [0.25, 0.3) is 5.24 Å². The van der Waals surface area contributed by atoms with Gasteiger partial charge in [-0.2, -0.15) is 0 Å². The highest BCUT2D eigenvalue weighted by Crippen LogP contribution is 2.37. The number of benzene rings is 1. The molecule has 1 rings (SSSR count). The SMILES string of the molecule is C=C[C@@](C)(SC(=O)NC)c1ccccc1. The molecule has 0 saturated carbocycles. The van der Waals surface area contributed by atoms with Crippen LogP contribution >= 0.6 is 11.8 Å². The Morgan fingerprint density at radius 3 is 2.53 bits per heavy atom. The van der Waals surface area contributed by atoms with E-state index in [9.17, 15) is 4.79 Å². The molecular weight excluding hydrogens is 206 g/mol. The van der Waals surface area contributed by atoms with Gasteiger partial charge in [0.15, 0.2) is 0 Å². The highest BCUT2D eigenvalue weighted by Gasteiger charge is 2.26. The van der Waals surface area contributed by atoms with Crippen LogP contribution in [0.1, 0.15) is 12.5 Å². The number of carbonyl (C=O) groups is 1. The summed E-state index contributed by atoms with van der Waals surface area (Å²) in [5, 5.41) is 2.55. The first kappa shape index (κ1) is 11.9. The molecule has 0 spiro atoms. The maximum absolute atomic E-state index is 11.4. The van der Waals surface area contributed by atoms with Crippen LogP contribution in [0.4, 0.5) is 4.79 Å². The minimum Gasteiger partial charge on any atom is -0.350 e. The van der Waals surface area contributed by atoms with Crippen LogP contribution in [0.2, 0.25) is 0 Å².